The largest absolute Gasteiger partial charge is 0.478 e. The summed E-state index contributed by atoms with van der Waals surface area (Å²) in [6.07, 6.45) is 1.48. The zero-order valence-electron chi connectivity index (χ0n) is 14.9. The van der Waals surface area contributed by atoms with Crippen LogP contribution in [0.25, 0.3) is 0 Å². The van der Waals surface area contributed by atoms with Crippen LogP contribution in [0.15, 0.2) is 24.3 Å². The van der Waals surface area contributed by atoms with Gasteiger partial charge in [-0.15, -0.1) is 0 Å². The van der Waals surface area contributed by atoms with Crippen LogP contribution in [0, 0.1) is 0 Å². The first-order valence-corrected chi connectivity index (χ1v) is 8.89. The standard InChI is InChI=1S/C20H19NO6/c1-21-5-4-11-7-16-17(26-9-25-16)8-13(11)14(21)6-12-2-3-15-19(27-10-24-15)18(12)20(22)23/h2-3,7-8,14H,4-6,9-10H2,1H3,(H,22,23)/t14-/m1/s1. The summed E-state index contributed by atoms with van der Waals surface area (Å²) >= 11 is 0. The van der Waals surface area contributed by atoms with E-state index in [1.807, 2.05) is 12.1 Å². The lowest BCUT2D eigenvalue weighted by molar-refractivity contribution is 0.0690. The van der Waals surface area contributed by atoms with Crippen molar-refractivity contribution in [3.8, 4) is 23.0 Å². The van der Waals surface area contributed by atoms with Gasteiger partial charge in [-0.1, -0.05) is 6.07 Å². The summed E-state index contributed by atoms with van der Waals surface area (Å²) in [7, 11) is 2.06. The fourth-order valence-electron chi connectivity index (χ4n) is 4.11. The van der Waals surface area contributed by atoms with E-state index < -0.39 is 5.97 Å². The number of carboxylic acid groups (broad SMARTS) is 1. The third kappa shape index (κ3) is 2.57. The molecule has 0 saturated heterocycles. The van der Waals surface area contributed by atoms with E-state index in [1.54, 1.807) is 6.07 Å². The highest BCUT2D eigenvalue weighted by Crippen LogP contribution is 2.43. The maximum Gasteiger partial charge on any atom is 0.339 e. The summed E-state index contributed by atoms with van der Waals surface area (Å²) in [5.41, 5.74) is 3.29. The third-order valence-corrected chi connectivity index (χ3v) is 5.51. The molecule has 3 aliphatic heterocycles. The van der Waals surface area contributed by atoms with Crippen LogP contribution in [-0.2, 0) is 12.8 Å². The van der Waals surface area contributed by atoms with Crippen molar-refractivity contribution in [2.45, 2.75) is 18.9 Å². The normalized spacial score (nSPS) is 19.8. The number of aromatic carboxylic acids is 1. The van der Waals surface area contributed by atoms with E-state index in [-0.39, 0.29) is 25.2 Å². The van der Waals surface area contributed by atoms with E-state index in [1.165, 1.54) is 5.56 Å². The minimum Gasteiger partial charge on any atom is -0.478 e. The monoisotopic (exact) mass is 369 g/mol. The smallest absolute Gasteiger partial charge is 0.339 e. The number of hydrogen-bond donors (Lipinski definition) is 1. The Morgan fingerprint density at radius 2 is 1.85 bits per heavy atom. The van der Waals surface area contributed by atoms with Gasteiger partial charge >= 0.3 is 5.97 Å². The second-order valence-electron chi connectivity index (χ2n) is 6.99. The van der Waals surface area contributed by atoms with Gasteiger partial charge < -0.3 is 24.1 Å². The van der Waals surface area contributed by atoms with Gasteiger partial charge in [0.05, 0.1) is 0 Å². The Bertz CT molecular complexity index is 941. The van der Waals surface area contributed by atoms with Gasteiger partial charge in [0, 0.05) is 12.6 Å². The molecule has 2 aromatic carbocycles. The van der Waals surface area contributed by atoms with Crippen molar-refractivity contribution in [3.63, 3.8) is 0 Å². The van der Waals surface area contributed by atoms with Gasteiger partial charge in [-0.25, -0.2) is 4.79 Å². The van der Waals surface area contributed by atoms with Crippen LogP contribution >= 0.6 is 0 Å². The fraction of sp³-hybridized carbons (Fsp3) is 0.350. The molecule has 7 nitrogen and oxygen atoms in total. The van der Waals surface area contributed by atoms with E-state index >= 15 is 0 Å². The quantitative estimate of drug-likeness (QED) is 0.891. The third-order valence-electron chi connectivity index (χ3n) is 5.51. The van der Waals surface area contributed by atoms with Gasteiger partial charge in [0.15, 0.2) is 23.0 Å². The van der Waals surface area contributed by atoms with Crippen LogP contribution in [0.4, 0.5) is 0 Å². The number of fused-ring (bicyclic) bond motifs is 3. The number of rotatable bonds is 3. The van der Waals surface area contributed by atoms with Crippen molar-refractivity contribution in [2.75, 3.05) is 27.2 Å². The van der Waals surface area contributed by atoms with Crippen LogP contribution in [0.2, 0.25) is 0 Å². The molecule has 0 radical (unpaired) electrons. The zero-order valence-corrected chi connectivity index (χ0v) is 14.9. The van der Waals surface area contributed by atoms with E-state index in [4.69, 9.17) is 18.9 Å². The highest BCUT2D eigenvalue weighted by molar-refractivity contribution is 5.94. The number of carbonyl (C=O) groups is 1. The molecular formula is C20H19NO6. The molecule has 0 amide bonds. The average molecular weight is 369 g/mol. The van der Waals surface area contributed by atoms with Gasteiger partial charge in [-0.2, -0.15) is 0 Å². The molecule has 140 valence electrons. The summed E-state index contributed by atoms with van der Waals surface area (Å²) in [6.45, 7) is 1.18. The average Bonchev–Trinajstić information content (AvgIpc) is 3.30. The summed E-state index contributed by atoms with van der Waals surface area (Å²) in [5, 5.41) is 9.76. The molecule has 5 rings (SSSR count). The highest BCUT2D eigenvalue weighted by Gasteiger charge is 2.32. The maximum atomic E-state index is 11.9. The minimum atomic E-state index is -1.00. The zero-order chi connectivity index (χ0) is 18.5. The number of benzene rings is 2. The molecule has 0 spiro atoms. The number of ether oxygens (including phenoxy) is 4. The first-order chi connectivity index (χ1) is 13.1. The molecule has 2 aromatic rings. The number of hydrogen-bond acceptors (Lipinski definition) is 6. The number of likely N-dealkylation sites (N-methyl/N-ethyl adjacent to an activating group) is 1. The van der Waals surface area contributed by atoms with Crippen LogP contribution in [0.5, 0.6) is 23.0 Å². The van der Waals surface area contributed by atoms with Crippen LogP contribution in [-0.4, -0.2) is 43.2 Å². The van der Waals surface area contributed by atoms with Crippen LogP contribution < -0.4 is 18.9 Å². The Labute approximate surface area is 156 Å². The SMILES string of the molecule is CN1CCc2cc3c(cc2[C@H]1Cc1ccc2c(c1C(=O)O)OCO2)OCO3. The molecule has 3 heterocycles. The number of nitrogens with zero attached hydrogens (tertiary/aromatic N) is 1. The van der Waals surface area contributed by atoms with Crippen molar-refractivity contribution < 1.29 is 28.8 Å². The van der Waals surface area contributed by atoms with Crippen molar-refractivity contribution >= 4 is 5.97 Å². The molecule has 1 atom stereocenters. The molecular weight excluding hydrogens is 350 g/mol. The lowest BCUT2D eigenvalue weighted by atomic mass is 9.87. The van der Waals surface area contributed by atoms with Crippen molar-refractivity contribution in [3.05, 3.63) is 46.5 Å². The molecule has 7 heteroatoms. The maximum absolute atomic E-state index is 11.9. The molecule has 1 N–H and O–H groups in total. The summed E-state index contributed by atoms with van der Waals surface area (Å²) in [4.78, 5) is 14.2. The lowest BCUT2D eigenvalue weighted by Gasteiger charge is -2.35. The Kier molecular flexibility index (Phi) is 3.65. The Morgan fingerprint density at radius 3 is 2.67 bits per heavy atom. The van der Waals surface area contributed by atoms with Crippen molar-refractivity contribution in [1.82, 2.24) is 4.90 Å². The van der Waals surface area contributed by atoms with Crippen LogP contribution in [0.3, 0.4) is 0 Å². The molecule has 27 heavy (non-hydrogen) atoms. The molecule has 0 aromatic heterocycles. The second kappa shape index (κ2) is 6.06. The molecule has 0 fully saturated rings. The van der Waals surface area contributed by atoms with Gasteiger partial charge in [0.2, 0.25) is 13.6 Å². The Morgan fingerprint density at radius 1 is 1.11 bits per heavy atom. The highest BCUT2D eigenvalue weighted by atomic mass is 16.7. The lowest BCUT2D eigenvalue weighted by Crippen LogP contribution is -2.33. The van der Waals surface area contributed by atoms with Crippen molar-refractivity contribution in [2.24, 2.45) is 0 Å². The van der Waals surface area contributed by atoms with Gasteiger partial charge in [0.25, 0.3) is 0 Å². The van der Waals surface area contributed by atoms with E-state index in [9.17, 15) is 9.90 Å². The molecule has 0 bridgehead atoms. The minimum absolute atomic E-state index is 0.0433. The predicted octanol–water partition coefficient (Wildman–Crippen LogP) is 2.61. The summed E-state index contributed by atoms with van der Waals surface area (Å²) < 4.78 is 21.8. The Hall–Kier alpha value is -2.93. The predicted molar refractivity (Wildman–Crippen MR) is 94.9 cm³/mol. The van der Waals surface area contributed by atoms with Gasteiger partial charge in [-0.05, 0) is 54.8 Å². The summed E-state index contributed by atoms with van der Waals surface area (Å²) in [5.74, 6) is 1.34. The molecule has 3 aliphatic rings. The Balaban J connectivity index is 1.56. The van der Waals surface area contributed by atoms with E-state index in [0.29, 0.717) is 17.9 Å². The van der Waals surface area contributed by atoms with E-state index in [0.717, 1.165) is 35.6 Å². The first-order valence-electron chi connectivity index (χ1n) is 8.89. The van der Waals surface area contributed by atoms with E-state index in [2.05, 4.69) is 18.0 Å². The topological polar surface area (TPSA) is 77.5 Å². The molecule has 0 aliphatic carbocycles. The van der Waals surface area contributed by atoms with Gasteiger partial charge in [-0.3, -0.25) is 4.90 Å². The van der Waals surface area contributed by atoms with Crippen molar-refractivity contribution in [1.29, 1.82) is 0 Å². The molecule has 0 saturated carbocycles. The number of carboxylic acids is 1. The van der Waals surface area contributed by atoms with Crippen LogP contribution in [0.1, 0.15) is 33.1 Å². The summed E-state index contributed by atoms with van der Waals surface area (Å²) in [6, 6.07) is 7.74. The second-order valence-corrected chi connectivity index (χ2v) is 6.99. The van der Waals surface area contributed by atoms with Gasteiger partial charge in [0.1, 0.15) is 5.56 Å². The fourth-order valence-corrected chi connectivity index (χ4v) is 4.11. The molecule has 0 unspecified atom stereocenters. The first kappa shape index (κ1) is 16.3.